The molecule has 10 heteroatoms. The van der Waals surface area contributed by atoms with Crippen LogP contribution in [0.1, 0.15) is 27.7 Å². The second-order valence-electron chi connectivity index (χ2n) is 6.67. The SMILES string of the molecule is COC(=O)C1OC(C)(C)O[C@H]1[C@H]1OC(C)(C)OC1COS(C)(=O)=O. The summed E-state index contributed by atoms with van der Waals surface area (Å²) in [7, 11) is -2.41. The first-order valence-electron chi connectivity index (χ1n) is 7.47. The first kappa shape index (κ1) is 19.5. The van der Waals surface area contributed by atoms with Crippen LogP contribution in [0, 0.1) is 0 Å². The summed E-state index contributed by atoms with van der Waals surface area (Å²) >= 11 is 0. The van der Waals surface area contributed by atoms with E-state index in [1.165, 1.54) is 7.11 Å². The van der Waals surface area contributed by atoms with Crippen LogP contribution in [0.3, 0.4) is 0 Å². The first-order chi connectivity index (χ1) is 10.8. The lowest BCUT2D eigenvalue weighted by Crippen LogP contribution is -2.46. The molecule has 0 N–H and O–H groups in total. The van der Waals surface area contributed by atoms with Crippen molar-refractivity contribution in [3.05, 3.63) is 0 Å². The number of methoxy groups -OCH3 is 1. The summed E-state index contributed by atoms with van der Waals surface area (Å²) in [6, 6.07) is 0. The summed E-state index contributed by atoms with van der Waals surface area (Å²) in [5, 5.41) is 0. The molecule has 0 aliphatic carbocycles. The number of carbonyl (C=O) groups excluding carboxylic acids is 1. The Hall–Kier alpha value is -0.780. The molecule has 0 radical (unpaired) electrons. The molecule has 0 amide bonds. The van der Waals surface area contributed by atoms with E-state index in [0.29, 0.717) is 0 Å². The fourth-order valence-electron chi connectivity index (χ4n) is 2.79. The van der Waals surface area contributed by atoms with Crippen LogP contribution in [0.5, 0.6) is 0 Å². The number of hydrogen-bond donors (Lipinski definition) is 0. The van der Waals surface area contributed by atoms with Gasteiger partial charge in [0, 0.05) is 0 Å². The number of hydrogen-bond acceptors (Lipinski definition) is 9. The molecular formula is C14H24O9S. The highest BCUT2D eigenvalue weighted by atomic mass is 32.2. The topological polar surface area (TPSA) is 107 Å². The third-order valence-electron chi connectivity index (χ3n) is 3.55. The van der Waals surface area contributed by atoms with Gasteiger partial charge in [0.05, 0.1) is 20.0 Å². The molecule has 2 unspecified atom stereocenters. The van der Waals surface area contributed by atoms with Crippen molar-refractivity contribution in [3.8, 4) is 0 Å². The molecular weight excluding hydrogens is 344 g/mol. The first-order valence-corrected chi connectivity index (χ1v) is 9.29. The Bertz CT molecular complexity index is 583. The summed E-state index contributed by atoms with van der Waals surface area (Å²) in [5.41, 5.74) is 0. The van der Waals surface area contributed by atoms with E-state index in [1.807, 2.05) is 0 Å². The minimum atomic E-state index is -3.65. The van der Waals surface area contributed by atoms with E-state index < -0.39 is 52.1 Å². The lowest BCUT2D eigenvalue weighted by atomic mass is 10.0. The van der Waals surface area contributed by atoms with Gasteiger partial charge in [-0.1, -0.05) is 0 Å². The van der Waals surface area contributed by atoms with Crippen molar-refractivity contribution < 1.29 is 41.1 Å². The summed E-state index contributed by atoms with van der Waals surface area (Å²) in [4.78, 5) is 12.0. The molecule has 2 rings (SSSR count). The van der Waals surface area contributed by atoms with Crippen LogP contribution in [0.4, 0.5) is 0 Å². The van der Waals surface area contributed by atoms with Crippen LogP contribution in [0.2, 0.25) is 0 Å². The van der Waals surface area contributed by atoms with Crippen molar-refractivity contribution in [1.82, 2.24) is 0 Å². The van der Waals surface area contributed by atoms with Gasteiger partial charge in [0.1, 0.15) is 18.3 Å². The molecule has 0 aromatic carbocycles. The smallest absolute Gasteiger partial charge is 0.337 e. The Morgan fingerprint density at radius 1 is 1.00 bits per heavy atom. The zero-order valence-electron chi connectivity index (χ0n) is 14.6. The van der Waals surface area contributed by atoms with E-state index in [9.17, 15) is 13.2 Å². The van der Waals surface area contributed by atoms with Crippen molar-refractivity contribution in [1.29, 1.82) is 0 Å². The second-order valence-corrected chi connectivity index (χ2v) is 8.32. The van der Waals surface area contributed by atoms with E-state index in [2.05, 4.69) is 0 Å². The monoisotopic (exact) mass is 368 g/mol. The van der Waals surface area contributed by atoms with Crippen molar-refractivity contribution in [2.24, 2.45) is 0 Å². The molecule has 2 aliphatic rings. The van der Waals surface area contributed by atoms with E-state index in [-0.39, 0.29) is 6.61 Å². The average Bonchev–Trinajstić information content (AvgIpc) is 2.90. The zero-order valence-corrected chi connectivity index (χ0v) is 15.4. The highest BCUT2D eigenvalue weighted by Crippen LogP contribution is 2.38. The van der Waals surface area contributed by atoms with Gasteiger partial charge in [-0.2, -0.15) is 8.42 Å². The molecule has 2 fully saturated rings. The van der Waals surface area contributed by atoms with Crippen LogP contribution in [0.25, 0.3) is 0 Å². The summed E-state index contributed by atoms with van der Waals surface area (Å²) in [6.07, 6.45) is -2.44. The average molecular weight is 368 g/mol. The van der Waals surface area contributed by atoms with Gasteiger partial charge in [0.25, 0.3) is 10.1 Å². The van der Waals surface area contributed by atoms with Crippen molar-refractivity contribution in [2.75, 3.05) is 20.0 Å². The standard InChI is InChI=1S/C14H24O9S/c1-13(2)20-8(7-19-24(6,16)17)9(21-13)10-11(12(15)18-5)23-14(3,4)22-10/h8-11H,7H2,1-6H3/t8?,9-,10-,11?/m0/s1. The molecule has 140 valence electrons. The molecule has 4 atom stereocenters. The van der Waals surface area contributed by atoms with Gasteiger partial charge in [-0.25, -0.2) is 4.79 Å². The molecule has 0 saturated carbocycles. The maximum Gasteiger partial charge on any atom is 0.337 e. The molecule has 0 bridgehead atoms. The van der Waals surface area contributed by atoms with Crippen LogP contribution in [-0.4, -0.2) is 70.3 Å². The Balaban J connectivity index is 2.23. The van der Waals surface area contributed by atoms with Crippen LogP contribution < -0.4 is 0 Å². The van der Waals surface area contributed by atoms with E-state index in [0.717, 1.165) is 6.26 Å². The normalized spacial score (nSPS) is 35.1. The Labute approximate surface area is 141 Å². The van der Waals surface area contributed by atoms with Gasteiger partial charge in [-0.3, -0.25) is 4.18 Å². The molecule has 0 spiro atoms. The summed E-state index contributed by atoms with van der Waals surface area (Å²) in [5.74, 6) is -2.63. The van der Waals surface area contributed by atoms with Gasteiger partial charge in [0.2, 0.25) is 0 Å². The third kappa shape index (κ3) is 4.64. The van der Waals surface area contributed by atoms with Crippen LogP contribution in [-0.2, 0) is 42.8 Å². The largest absolute Gasteiger partial charge is 0.467 e. The second kappa shape index (κ2) is 6.50. The number of rotatable bonds is 5. The Morgan fingerprint density at radius 2 is 1.54 bits per heavy atom. The minimum absolute atomic E-state index is 0.263. The van der Waals surface area contributed by atoms with Crippen molar-refractivity contribution >= 4 is 16.1 Å². The predicted molar refractivity (Wildman–Crippen MR) is 80.5 cm³/mol. The minimum Gasteiger partial charge on any atom is -0.467 e. The Kier molecular flexibility index (Phi) is 5.30. The quantitative estimate of drug-likeness (QED) is 0.496. The summed E-state index contributed by atoms with van der Waals surface area (Å²) < 4.78 is 55.0. The van der Waals surface area contributed by atoms with E-state index >= 15 is 0 Å². The predicted octanol–water partition coefficient (Wildman–Crippen LogP) is 0.176. The Morgan fingerprint density at radius 3 is 2.08 bits per heavy atom. The molecule has 2 heterocycles. The van der Waals surface area contributed by atoms with Crippen molar-refractivity contribution in [2.45, 2.75) is 63.7 Å². The van der Waals surface area contributed by atoms with Gasteiger partial charge in [0.15, 0.2) is 17.7 Å². The zero-order chi connectivity index (χ0) is 18.3. The maximum absolute atomic E-state index is 12.0. The van der Waals surface area contributed by atoms with Crippen LogP contribution in [0.15, 0.2) is 0 Å². The van der Waals surface area contributed by atoms with Gasteiger partial charge < -0.3 is 23.7 Å². The highest BCUT2D eigenvalue weighted by Gasteiger charge is 2.56. The van der Waals surface area contributed by atoms with Crippen LogP contribution >= 0.6 is 0 Å². The molecule has 0 aromatic heterocycles. The van der Waals surface area contributed by atoms with E-state index in [1.54, 1.807) is 27.7 Å². The fourth-order valence-corrected chi connectivity index (χ4v) is 3.17. The number of esters is 1. The maximum atomic E-state index is 12.0. The lowest BCUT2D eigenvalue weighted by Gasteiger charge is -2.25. The van der Waals surface area contributed by atoms with Gasteiger partial charge in [-0.05, 0) is 27.7 Å². The number of carbonyl (C=O) groups is 1. The van der Waals surface area contributed by atoms with Gasteiger partial charge in [-0.15, -0.1) is 0 Å². The number of ether oxygens (including phenoxy) is 5. The van der Waals surface area contributed by atoms with Crippen molar-refractivity contribution in [3.63, 3.8) is 0 Å². The molecule has 24 heavy (non-hydrogen) atoms. The molecule has 9 nitrogen and oxygen atoms in total. The fraction of sp³-hybridized carbons (Fsp3) is 0.929. The summed E-state index contributed by atoms with van der Waals surface area (Å²) in [6.45, 7) is 6.40. The van der Waals surface area contributed by atoms with E-state index in [4.69, 9.17) is 27.9 Å². The highest BCUT2D eigenvalue weighted by molar-refractivity contribution is 7.85. The molecule has 0 aromatic rings. The molecule has 2 aliphatic heterocycles. The van der Waals surface area contributed by atoms with Gasteiger partial charge >= 0.3 is 5.97 Å². The lowest BCUT2D eigenvalue weighted by molar-refractivity contribution is -0.176. The molecule has 2 saturated heterocycles. The third-order valence-corrected chi connectivity index (χ3v) is 4.12.